The second-order valence-corrected chi connectivity index (χ2v) is 13.0. The number of cyclic esters (lactones) is 1. The number of ether oxygens (including phenoxy) is 2. The van der Waals surface area contributed by atoms with Gasteiger partial charge in [0.15, 0.2) is 6.10 Å². The van der Waals surface area contributed by atoms with E-state index in [1.807, 2.05) is 60.7 Å². The maximum atomic E-state index is 13.1. The molecule has 0 saturated carbocycles. The Morgan fingerprint density at radius 2 is 1.48 bits per heavy atom. The number of esters is 1. The van der Waals surface area contributed by atoms with E-state index in [2.05, 4.69) is 20.8 Å². The van der Waals surface area contributed by atoms with E-state index in [4.69, 9.17) is 13.9 Å². The van der Waals surface area contributed by atoms with Gasteiger partial charge in [-0.25, -0.2) is 4.79 Å². The van der Waals surface area contributed by atoms with Crippen molar-refractivity contribution in [1.29, 1.82) is 0 Å². The molecule has 1 fully saturated rings. The molecule has 1 heterocycles. The van der Waals surface area contributed by atoms with Crippen molar-refractivity contribution in [2.75, 3.05) is 0 Å². The Morgan fingerprint density at radius 3 is 1.86 bits per heavy atom. The van der Waals surface area contributed by atoms with Gasteiger partial charge in [0.25, 0.3) is 5.97 Å². The van der Waals surface area contributed by atoms with Crippen LogP contribution in [0.25, 0.3) is 0 Å². The molecule has 1 atom stereocenters. The quantitative estimate of drug-likeness (QED) is 0.558. The predicted octanol–water partition coefficient (Wildman–Crippen LogP) is 3.16. The minimum Gasteiger partial charge on any atom is -0.509 e. The van der Waals surface area contributed by atoms with Crippen LogP contribution in [0.4, 0.5) is 0 Å². The van der Waals surface area contributed by atoms with Crippen molar-refractivity contribution in [3.63, 3.8) is 0 Å². The lowest BCUT2D eigenvalue weighted by Gasteiger charge is -2.42. The van der Waals surface area contributed by atoms with E-state index in [1.165, 1.54) is 0 Å². The van der Waals surface area contributed by atoms with Crippen molar-refractivity contribution >= 4 is 30.6 Å². The van der Waals surface area contributed by atoms with E-state index in [0.29, 0.717) is 0 Å². The van der Waals surface area contributed by atoms with Gasteiger partial charge in [-0.15, -0.1) is 0 Å². The van der Waals surface area contributed by atoms with Crippen molar-refractivity contribution in [2.24, 2.45) is 0 Å². The standard InChI is InChI=1S/C23H28O5Si/c1-22(2,3)29(17-12-8-6-9-13-17,18-14-10-7-11-15-18)28-20(24)16-19-21(25)27-23(4,5)26-19/h6-15,19H,16H2,1-5H3/t19-/m0/s1. The molecule has 1 aliphatic heterocycles. The maximum absolute atomic E-state index is 13.1. The fraction of sp³-hybridized carbons (Fsp3) is 0.391. The van der Waals surface area contributed by atoms with Crippen molar-refractivity contribution < 1.29 is 23.5 Å². The summed E-state index contributed by atoms with van der Waals surface area (Å²) in [7, 11) is -3.00. The lowest BCUT2D eigenvalue weighted by atomic mass is 10.2. The molecule has 0 radical (unpaired) electrons. The monoisotopic (exact) mass is 412 g/mol. The van der Waals surface area contributed by atoms with E-state index < -0.39 is 32.1 Å². The molecule has 2 aromatic rings. The average molecular weight is 413 g/mol. The molecule has 0 aromatic heterocycles. The van der Waals surface area contributed by atoms with Gasteiger partial charge in [-0.1, -0.05) is 81.4 Å². The molecule has 154 valence electrons. The summed E-state index contributed by atoms with van der Waals surface area (Å²) in [6.07, 6.45) is -1.12. The first kappa shape index (κ1) is 21.3. The molecular formula is C23H28O5Si. The zero-order valence-corrected chi connectivity index (χ0v) is 18.6. The van der Waals surface area contributed by atoms with Crippen molar-refractivity contribution in [2.45, 2.75) is 58.0 Å². The van der Waals surface area contributed by atoms with Crippen LogP contribution in [0.2, 0.25) is 5.04 Å². The van der Waals surface area contributed by atoms with Crippen LogP contribution in [0.3, 0.4) is 0 Å². The van der Waals surface area contributed by atoms with Crippen LogP contribution in [0.15, 0.2) is 60.7 Å². The lowest BCUT2D eigenvalue weighted by Crippen LogP contribution is -2.67. The summed E-state index contributed by atoms with van der Waals surface area (Å²) < 4.78 is 17.1. The zero-order chi connectivity index (χ0) is 21.3. The second-order valence-electron chi connectivity index (χ2n) is 8.77. The first-order chi connectivity index (χ1) is 13.6. The summed E-state index contributed by atoms with van der Waals surface area (Å²) in [5.41, 5.74) is 0. The minimum absolute atomic E-state index is 0.174. The summed E-state index contributed by atoms with van der Waals surface area (Å²) in [6, 6.07) is 19.8. The lowest BCUT2D eigenvalue weighted by molar-refractivity contribution is -0.161. The molecule has 5 nitrogen and oxygen atoms in total. The highest BCUT2D eigenvalue weighted by molar-refractivity contribution is 7.00. The SMILES string of the molecule is CC1(C)OC(=O)[C@H](CC(=O)O[Si](c2ccccc2)(c2ccccc2)C(C)(C)C)O1. The fourth-order valence-corrected chi connectivity index (χ4v) is 8.22. The van der Waals surface area contributed by atoms with Gasteiger partial charge < -0.3 is 13.9 Å². The summed E-state index contributed by atoms with van der Waals surface area (Å²) in [5.74, 6) is -2.02. The Labute approximate surface area is 173 Å². The number of benzene rings is 2. The second kappa shape index (κ2) is 7.76. The van der Waals surface area contributed by atoms with Crippen LogP contribution in [0.5, 0.6) is 0 Å². The molecule has 1 aliphatic rings. The van der Waals surface area contributed by atoms with Gasteiger partial charge in [-0.05, 0) is 15.4 Å². The largest absolute Gasteiger partial charge is 0.509 e. The number of rotatable bonds is 5. The summed E-state index contributed by atoms with van der Waals surface area (Å²) in [5, 5.41) is 1.67. The summed E-state index contributed by atoms with van der Waals surface area (Å²) in [4.78, 5) is 25.2. The Hall–Kier alpha value is -2.44. The Balaban J connectivity index is 2.00. The van der Waals surface area contributed by atoms with Gasteiger partial charge in [-0.2, -0.15) is 0 Å². The van der Waals surface area contributed by atoms with Crippen LogP contribution >= 0.6 is 0 Å². The van der Waals surface area contributed by atoms with Crippen LogP contribution in [0, 0.1) is 0 Å². The topological polar surface area (TPSA) is 61.8 Å². The molecule has 6 heteroatoms. The van der Waals surface area contributed by atoms with Gasteiger partial charge >= 0.3 is 14.3 Å². The number of hydrogen-bond acceptors (Lipinski definition) is 5. The van der Waals surface area contributed by atoms with Gasteiger partial charge in [0.1, 0.15) is 0 Å². The number of carbonyl (C=O) groups is 2. The van der Waals surface area contributed by atoms with Crippen molar-refractivity contribution in [3.05, 3.63) is 60.7 Å². The molecule has 0 aliphatic carbocycles. The Morgan fingerprint density at radius 1 is 1.00 bits per heavy atom. The predicted molar refractivity (Wildman–Crippen MR) is 113 cm³/mol. The molecule has 0 N–H and O–H groups in total. The van der Waals surface area contributed by atoms with Crippen LogP contribution in [-0.2, 0) is 23.5 Å². The summed E-state index contributed by atoms with van der Waals surface area (Å²) >= 11 is 0. The smallest absolute Gasteiger partial charge is 0.338 e. The van der Waals surface area contributed by atoms with E-state index in [1.54, 1.807) is 13.8 Å². The van der Waals surface area contributed by atoms with Crippen LogP contribution in [-0.4, -0.2) is 32.1 Å². The normalized spacial score (nSPS) is 18.9. The third kappa shape index (κ3) is 4.28. The number of carbonyl (C=O) groups excluding carboxylic acids is 2. The van der Waals surface area contributed by atoms with E-state index in [9.17, 15) is 9.59 Å². The van der Waals surface area contributed by atoms with Crippen LogP contribution in [0.1, 0.15) is 41.0 Å². The highest BCUT2D eigenvalue weighted by Crippen LogP contribution is 2.37. The van der Waals surface area contributed by atoms with E-state index in [0.717, 1.165) is 10.4 Å². The third-order valence-electron chi connectivity index (χ3n) is 5.07. The molecule has 3 rings (SSSR count). The Kier molecular flexibility index (Phi) is 5.69. The minimum atomic E-state index is -3.00. The third-order valence-corrected chi connectivity index (χ3v) is 10.0. The molecule has 1 saturated heterocycles. The maximum Gasteiger partial charge on any atom is 0.338 e. The molecule has 29 heavy (non-hydrogen) atoms. The molecular weight excluding hydrogens is 384 g/mol. The summed E-state index contributed by atoms with van der Waals surface area (Å²) in [6.45, 7) is 9.58. The molecule has 2 aromatic carbocycles. The zero-order valence-electron chi connectivity index (χ0n) is 17.6. The van der Waals surface area contributed by atoms with Gasteiger partial charge in [0.05, 0.1) is 6.42 Å². The highest BCUT2D eigenvalue weighted by atomic mass is 28.4. The molecule has 0 spiro atoms. The number of hydrogen-bond donors (Lipinski definition) is 0. The van der Waals surface area contributed by atoms with E-state index >= 15 is 0 Å². The van der Waals surface area contributed by atoms with Gasteiger partial charge in [0, 0.05) is 13.8 Å². The van der Waals surface area contributed by atoms with E-state index in [-0.39, 0.29) is 11.5 Å². The van der Waals surface area contributed by atoms with Crippen molar-refractivity contribution in [3.8, 4) is 0 Å². The first-order valence-corrected chi connectivity index (χ1v) is 11.7. The molecule has 0 bridgehead atoms. The molecule has 0 amide bonds. The first-order valence-electron chi connectivity index (χ1n) is 9.79. The van der Waals surface area contributed by atoms with Crippen LogP contribution < -0.4 is 10.4 Å². The molecule has 0 unspecified atom stereocenters. The Bertz CT molecular complexity index is 832. The van der Waals surface area contributed by atoms with Gasteiger partial charge in [0.2, 0.25) is 5.79 Å². The highest BCUT2D eigenvalue weighted by Gasteiger charge is 2.53. The van der Waals surface area contributed by atoms with Crippen molar-refractivity contribution in [1.82, 2.24) is 0 Å². The van der Waals surface area contributed by atoms with Gasteiger partial charge in [-0.3, -0.25) is 4.79 Å². The average Bonchev–Trinajstić information content (AvgIpc) is 2.91. The fourth-order valence-electron chi connectivity index (χ4n) is 3.86.